The monoisotopic (exact) mass is 598 g/mol. The Hall–Kier alpha value is -3.97. The molecule has 4 heterocycles. The first-order valence-corrected chi connectivity index (χ1v) is 15.4. The molecular weight excluding hydrogens is 568 g/mol. The molecule has 1 amide bonds. The van der Waals surface area contributed by atoms with Gasteiger partial charge in [0.2, 0.25) is 16.0 Å². The molecule has 3 N–H and O–H groups in total. The van der Waals surface area contributed by atoms with Gasteiger partial charge in [-0.05, 0) is 61.9 Å². The first-order chi connectivity index (χ1) is 19.4. The van der Waals surface area contributed by atoms with Crippen LogP contribution in [0.4, 0.5) is 11.6 Å². The van der Waals surface area contributed by atoms with Gasteiger partial charge in [-0.2, -0.15) is 5.10 Å². The van der Waals surface area contributed by atoms with Crippen molar-refractivity contribution in [1.82, 2.24) is 29.5 Å². The fourth-order valence-electron chi connectivity index (χ4n) is 5.30. The van der Waals surface area contributed by atoms with E-state index < -0.39 is 22.0 Å². The molecule has 14 heteroatoms. The first kappa shape index (κ1) is 28.6. The number of nitrogens with zero attached hydrogens (tertiary/aromatic N) is 5. The lowest BCUT2D eigenvalue weighted by Gasteiger charge is -2.33. The number of aryl methyl sites for hydroxylation is 1. The van der Waals surface area contributed by atoms with E-state index in [0.717, 1.165) is 43.3 Å². The summed E-state index contributed by atoms with van der Waals surface area (Å²) in [4.78, 5) is 37.5. The predicted molar refractivity (Wildman–Crippen MR) is 158 cm³/mol. The lowest BCUT2D eigenvalue weighted by Crippen LogP contribution is -2.37. The largest absolute Gasteiger partial charge is 0.377 e. The topological polar surface area (TPSA) is 155 Å². The van der Waals surface area contributed by atoms with Gasteiger partial charge in [-0.3, -0.25) is 19.3 Å². The second kappa shape index (κ2) is 11.1. The quantitative estimate of drug-likeness (QED) is 0.272. The molecule has 4 aromatic rings. The van der Waals surface area contributed by atoms with Gasteiger partial charge < -0.3 is 10.2 Å². The zero-order valence-electron chi connectivity index (χ0n) is 23.1. The van der Waals surface area contributed by atoms with E-state index in [1.807, 2.05) is 43.1 Å². The predicted octanol–water partition coefficient (Wildman–Crippen LogP) is 3.26. The van der Waals surface area contributed by atoms with Crippen LogP contribution in [0.5, 0.6) is 0 Å². The van der Waals surface area contributed by atoms with Crippen molar-refractivity contribution in [2.75, 3.05) is 29.6 Å². The Morgan fingerprint density at radius 1 is 1.20 bits per heavy atom. The molecule has 0 unspecified atom stereocenters. The average molecular weight is 599 g/mol. The van der Waals surface area contributed by atoms with E-state index in [2.05, 4.69) is 25.4 Å². The second-order valence-electron chi connectivity index (χ2n) is 10.4. The van der Waals surface area contributed by atoms with Crippen molar-refractivity contribution in [3.05, 3.63) is 74.6 Å². The summed E-state index contributed by atoms with van der Waals surface area (Å²) in [6.45, 7) is 5.26. The molecule has 0 radical (unpaired) electrons. The van der Waals surface area contributed by atoms with E-state index in [4.69, 9.17) is 16.6 Å². The second-order valence-corrected chi connectivity index (χ2v) is 12.6. The summed E-state index contributed by atoms with van der Waals surface area (Å²) >= 11 is 6.02. The summed E-state index contributed by atoms with van der Waals surface area (Å²) < 4.78 is 26.9. The minimum atomic E-state index is -3.82. The Labute approximate surface area is 242 Å². The zero-order chi connectivity index (χ0) is 29.5. The van der Waals surface area contributed by atoms with Crippen molar-refractivity contribution in [3.63, 3.8) is 0 Å². The number of carbonyl (C=O) groups is 1. The van der Waals surface area contributed by atoms with Crippen molar-refractivity contribution in [2.24, 2.45) is 7.05 Å². The Morgan fingerprint density at radius 3 is 2.59 bits per heavy atom. The molecule has 5 rings (SSSR count). The van der Waals surface area contributed by atoms with E-state index in [1.54, 1.807) is 17.7 Å². The third-order valence-corrected chi connectivity index (χ3v) is 8.06. The SMILES string of the molecule is Cc1cc([C@@H](C)Nc2ccc(Cl)nc2C(=O)NS(C)(=O)=O)c2nc(N3CCC(c4cn[nH]c4)CC3)n(C)c(=O)c2c1. The van der Waals surface area contributed by atoms with E-state index in [0.29, 0.717) is 22.8 Å². The van der Waals surface area contributed by atoms with Gasteiger partial charge in [0.05, 0.1) is 35.1 Å². The molecule has 0 saturated carbocycles. The van der Waals surface area contributed by atoms with Crippen molar-refractivity contribution >= 4 is 50.1 Å². The highest BCUT2D eigenvalue weighted by Gasteiger charge is 2.26. The van der Waals surface area contributed by atoms with E-state index in [1.165, 1.54) is 11.6 Å². The van der Waals surface area contributed by atoms with Crippen molar-refractivity contribution in [3.8, 4) is 0 Å². The van der Waals surface area contributed by atoms with Gasteiger partial charge in [0.15, 0.2) is 5.69 Å². The minimum absolute atomic E-state index is 0.0363. The summed E-state index contributed by atoms with van der Waals surface area (Å²) in [5, 5.41) is 10.7. The molecule has 12 nitrogen and oxygen atoms in total. The number of H-pyrrole nitrogens is 1. The maximum atomic E-state index is 13.6. The Kier molecular flexibility index (Phi) is 7.75. The number of pyridine rings is 1. The summed E-state index contributed by atoms with van der Waals surface area (Å²) in [6, 6.07) is 6.39. The van der Waals surface area contributed by atoms with E-state index >= 15 is 0 Å². The number of aromatic nitrogens is 5. The van der Waals surface area contributed by atoms with Gasteiger partial charge in [-0.15, -0.1) is 0 Å². The maximum absolute atomic E-state index is 13.6. The van der Waals surface area contributed by atoms with Crippen LogP contribution < -0.4 is 20.5 Å². The number of amides is 1. The number of hydrogen-bond donors (Lipinski definition) is 3. The van der Waals surface area contributed by atoms with Crippen LogP contribution in [0, 0.1) is 6.92 Å². The Bertz CT molecular complexity index is 1780. The van der Waals surface area contributed by atoms with Crippen LogP contribution in [-0.2, 0) is 17.1 Å². The summed E-state index contributed by atoms with van der Waals surface area (Å²) in [5.74, 6) is 0.0747. The third-order valence-electron chi connectivity index (χ3n) is 7.29. The van der Waals surface area contributed by atoms with Gasteiger partial charge in [-0.1, -0.05) is 17.7 Å². The van der Waals surface area contributed by atoms with Gasteiger partial charge in [0.25, 0.3) is 11.5 Å². The van der Waals surface area contributed by atoms with Crippen LogP contribution in [0.3, 0.4) is 0 Å². The van der Waals surface area contributed by atoms with Gasteiger partial charge in [0.1, 0.15) is 5.15 Å². The fraction of sp³-hybridized carbons (Fsp3) is 0.370. The summed E-state index contributed by atoms with van der Waals surface area (Å²) in [7, 11) is -2.09. The standard InChI is InChI=1S/C27H31ClN8O4S/c1-15-11-19(16(2)31-21-5-6-22(28)32-24(21)25(37)34-41(4,39)40)23-20(12-15)26(38)35(3)27(33-23)36-9-7-17(8-10-36)18-13-29-30-14-18/h5-6,11-14,16-17,31H,7-10H2,1-4H3,(H,29,30)(H,34,37)/t16-/m1/s1. The molecule has 1 saturated heterocycles. The van der Waals surface area contributed by atoms with Crippen LogP contribution in [0.25, 0.3) is 10.9 Å². The molecule has 1 fully saturated rings. The molecule has 1 aliphatic rings. The van der Waals surface area contributed by atoms with E-state index in [-0.39, 0.29) is 22.1 Å². The number of anilines is 2. The highest BCUT2D eigenvalue weighted by Crippen LogP contribution is 2.32. The molecule has 1 atom stereocenters. The molecule has 3 aromatic heterocycles. The molecule has 41 heavy (non-hydrogen) atoms. The van der Waals surface area contributed by atoms with Crippen LogP contribution >= 0.6 is 11.6 Å². The van der Waals surface area contributed by atoms with Crippen molar-refractivity contribution in [2.45, 2.75) is 38.6 Å². The van der Waals surface area contributed by atoms with Crippen LogP contribution in [-0.4, -0.2) is 58.4 Å². The number of aromatic amines is 1. The lowest BCUT2D eigenvalue weighted by atomic mass is 9.92. The normalized spacial score (nSPS) is 15.2. The van der Waals surface area contributed by atoms with Gasteiger partial charge >= 0.3 is 0 Å². The number of benzene rings is 1. The molecule has 0 spiro atoms. The smallest absolute Gasteiger partial charge is 0.285 e. The number of hydrogen-bond acceptors (Lipinski definition) is 9. The summed E-state index contributed by atoms with van der Waals surface area (Å²) in [5.41, 5.74) is 3.31. The first-order valence-electron chi connectivity index (χ1n) is 13.1. The van der Waals surface area contributed by atoms with Crippen LogP contribution in [0.2, 0.25) is 5.15 Å². The zero-order valence-corrected chi connectivity index (χ0v) is 24.7. The number of rotatable bonds is 7. The molecule has 216 valence electrons. The highest BCUT2D eigenvalue weighted by molar-refractivity contribution is 7.89. The maximum Gasteiger partial charge on any atom is 0.285 e. The highest BCUT2D eigenvalue weighted by atomic mass is 35.5. The van der Waals surface area contributed by atoms with E-state index in [9.17, 15) is 18.0 Å². The number of halogens is 1. The Balaban J connectivity index is 1.50. The molecule has 1 aromatic carbocycles. The number of carbonyl (C=O) groups excluding carboxylic acids is 1. The van der Waals surface area contributed by atoms with Gasteiger partial charge in [0, 0.05) is 31.9 Å². The summed E-state index contributed by atoms with van der Waals surface area (Å²) in [6.07, 6.45) is 6.50. The molecule has 1 aliphatic heterocycles. The molecule has 0 aliphatic carbocycles. The third kappa shape index (κ3) is 6.05. The van der Waals surface area contributed by atoms with Crippen LogP contribution in [0.1, 0.15) is 58.9 Å². The Morgan fingerprint density at radius 2 is 1.93 bits per heavy atom. The lowest BCUT2D eigenvalue weighted by molar-refractivity contribution is 0.0977. The fourth-order valence-corrected chi connectivity index (χ4v) is 5.88. The number of fused-ring (bicyclic) bond motifs is 1. The number of nitrogens with one attached hydrogen (secondary N) is 3. The average Bonchev–Trinajstić information content (AvgIpc) is 3.46. The minimum Gasteiger partial charge on any atom is -0.377 e. The number of piperidine rings is 1. The van der Waals surface area contributed by atoms with Gasteiger partial charge in [-0.25, -0.2) is 23.1 Å². The van der Waals surface area contributed by atoms with Crippen LogP contribution in [0.15, 0.2) is 41.5 Å². The van der Waals surface area contributed by atoms with Crippen molar-refractivity contribution in [1.29, 1.82) is 0 Å². The molecular formula is C27H31ClN8O4S. The van der Waals surface area contributed by atoms with Crippen molar-refractivity contribution < 1.29 is 13.2 Å². The number of sulfonamides is 1. The molecule has 0 bridgehead atoms.